The molecule has 1 amide bonds. The Labute approximate surface area is 91.4 Å². The number of rotatable bonds is 2. The van der Waals surface area contributed by atoms with Crippen molar-refractivity contribution in [1.29, 1.82) is 0 Å². The van der Waals surface area contributed by atoms with Gasteiger partial charge in [0, 0.05) is 6.20 Å². The minimum absolute atomic E-state index is 0.227. The van der Waals surface area contributed by atoms with Gasteiger partial charge in [0.1, 0.15) is 11.5 Å². The Kier molecular flexibility index (Phi) is 2.59. The van der Waals surface area contributed by atoms with Gasteiger partial charge in [-0.05, 0) is 13.8 Å². The van der Waals surface area contributed by atoms with Crippen molar-refractivity contribution in [2.75, 3.05) is 5.32 Å². The molecule has 0 unspecified atom stereocenters. The van der Waals surface area contributed by atoms with E-state index in [2.05, 4.69) is 30.5 Å². The number of nitrogens with one attached hydrogen (secondary N) is 2. The molecule has 0 saturated heterocycles. The number of nitrogens with zero attached hydrogens (tertiary/aromatic N) is 4. The van der Waals surface area contributed by atoms with Crippen molar-refractivity contribution >= 4 is 11.9 Å². The maximum Gasteiger partial charge on any atom is 0.278 e. The molecule has 7 heteroatoms. The van der Waals surface area contributed by atoms with Crippen molar-refractivity contribution in [3.05, 3.63) is 29.6 Å². The molecule has 7 nitrogen and oxygen atoms in total. The average molecular weight is 218 g/mol. The molecule has 0 bridgehead atoms. The summed E-state index contributed by atoms with van der Waals surface area (Å²) in [5.41, 5.74) is 0.985. The van der Waals surface area contributed by atoms with E-state index in [1.165, 1.54) is 12.4 Å². The van der Waals surface area contributed by atoms with E-state index in [4.69, 9.17) is 0 Å². The predicted molar refractivity (Wildman–Crippen MR) is 55.8 cm³/mol. The highest BCUT2D eigenvalue weighted by molar-refractivity contribution is 6.01. The monoisotopic (exact) mass is 218 g/mol. The van der Waals surface area contributed by atoms with E-state index >= 15 is 0 Å². The second-order valence-corrected chi connectivity index (χ2v) is 3.24. The van der Waals surface area contributed by atoms with Crippen molar-refractivity contribution in [2.45, 2.75) is 13.8 Å². The first-order chi connectivity index (χ1) is 7.65. The largest absolute Gasteiger partial charge is 0.288 e. The summed E-state index contributed by atoms with van der Waals surface area (Å²) in [4.78, 5) is 23.5. The van der Waals surface area contributed by atoms with Crippen LogP contribution in [-0.2, 0) is 0 Å². The third-order valence-corrected chi connectivity index (χ3v) is 1.84. The van der Waals surface area contributed by atoms with E-state index in [1.54, 1.807) is 13.8 Å². The molecule has 2 N–H and O–H groups in total. The zero-order valence-electron chi connectivity index (χ0n) is 8.85. The molecule has 2 aromatic heterocycles. The van der Waals surface area contributed by atoms with Gasteiger partial charge in [0.15, 0.2) is 0 Å². The average Bonchev–Trinajstić information content (AvgIpc) is 2.65. The second kappa shape index (κ2) is 4.05. The molecule has 0 aromatic carbocycles. The van der Waals surface area contributed by atoms with Crippen LogP contribution in [0.5, 0.6) is 0 Å². The SMILES string of the molecule is Cc1cnc(C(=O)Nc2n[nH]c(C)n2)cn1. The fourth-order valence-corrected chi connectivity index (χ4v) is 1.07. The van der Waals surface area contributed by atoms with Crippen LogP contribution < -0.4 is 5.32 Å². The van der Waals surface area contributed by atoms with Crippen LogP contribution in [0.1, 0.15) is 22.0 Å². The molecule has 0 radical (unpaired) electrons. The van der Waals surface area contributed by atoms with Crippen LogP contribution in [0.4, 0.5) is 5.95 Å². The minimum atomic E-state index is -0.383. The van der Waals surface area contributed by atoms with E-state index < -0.39 is 0 Å². The Morgan fingerprint density at radius 1 is 1.31 bits per heavy atom. The van der Waals surface area contributed by atoms with Gasteiger partial charge in [0.05, 0.1) is 11.9 Å². The zero-order chi connectivity index (χ0) is 11.5. The Bertz CT molecular complexity index is 503. The third kappa shape index (κ3) is 2.19. The summed E-state index contributed by atoms with van der Waals surface area (Å²) < 4.78 is 0. The lowest BCUT2D eigenvalue weighted by Gasteiger charge is -1.99. The van der Waals surface area contributed by atoms with Crippen molar-refractivity contribution < 1.29 is 4.79 Å². The molecule has 0 atom stereocenters. The summed E-state index contributed by atoms with van der Waals surface area (Å²) >= 11 is 0. The van der Waals surface area contributed by atoms with E-state index in [0.29, 0.717) is 5.82 Å². The first kappa shape index (κ1) is 10.2. The van der Waals surface area contributed by atoms with Gasteiger partial charge >= 0.3 is 0 Å². The smallest absolute Gasteiger partial charge is 0.278 e. The van der Waals surface area contributed by atoms with E-state index in [1.807, 2.05) is 0 Å². The van der Waals surface area contributed by atoms with Gasteiger partial charge in [-0.15, -0.1) is 5.10 Å². The maximum absolute atomic E-state index is 11.6. The predicted octanol–water partition coefficient (Wildman–Crippen LogP) is 0.464. The van der Waals surface area contributed by atoms with Crippen LogP contribution in [0.15, 0.2) is 12.4 Å². The van der Waals surface area contributed by atoms with Crippen molar-refractivity contribution in [1.82, 2.24) is 25.1 Å². The van der Waals surface area contributed by atoms with Gasteiger partial charge in [-0.25, -0.2) is 4.98 Å². The number of carbonyl (C=O) groups is 1. The number of amides is 1. The lowest BCUT2D eigenvalue weighted by Crippen LogP contribution is -2.15. The van der Waals surface area contributed by atoms with Gasteiger partial charge in [0.25, 0.3) is 5.91 Å². The molecule has 16 heavy (non-hydrogen) atoms. The molecule has 2 heterocycles. The van der Waals surface area contributed by atoms with Gasteiger partial charge in [-0.3, -0.25) is 20.2 Å². The molecule has 0 spiro atoms. The topological polar surface area (TPSA) is 96.5 Å². The molecule has 0 fully saturated rings. The normalized spacial score (nSPS) is 10.1. The minimum Gasteiger partial charge on any atom is -0.288 e. The summed E-state index contributed by atoms with van der Waals surface area (Å²) in [5.74, 6) is 0.474. The fourth-order valence-electron chi connectivity index (χ4n) is 1.07. The van der Waals surface area contributed by atoms with Crippen molar-refractivity contribution in [3.8, 4) is 0 Å². The number of hydrogen-bond donors (Lipinski definition) is 2. The first-order valence-corrected chi connectivity index (χ1v) is 4.64. The van der Waals surface area contributed by atoms with Gasteiger partial charge in [-0.1, -0.05) is 0 Å². The highest BCUT2D eigenvalue weighted by Crippen LogP contribution is 2.01. The molecular formula is C9H10N6O. The lowest BCUT2D eigenvalue weighted by atomic mass is 10.4. The van der Waals surface area contributed by atoms with Crippen LogP contribution in [0, 0.1) is 13.8 Å². The number of aromatic nitrogens is 5. The summed E-state index contributed by atoms with van der Waals surface area (Å²) in [7, 11) is 0. The number of aryl methyl sites for hydroxylation is 2. The standard InChI is InChI=1S/C9H10N6O/c1-5-3-11-7(4-10-5)8(16)13-9-12-6(2)14-15-9/h3-4H,1-2H3,(H2,12,13,14,15,16). The van der Waals surface area contributed by atoms with Gasteiger partial charge in [-0.2, -0.15) is 4.98 Å². The van der Waals surface area contributed by atoms with Gasteiger partial charge in [0.2, 0.25) is 5.95 Å². The van der Waals surface area contributed by atoms with Crippen LogP contribution >= 0.6 is 0 Å². The van der Waals surface area contributed by atoms with E-state index in [-0.39, 0.29) is 17.5 Å². The lowest BCUT2D eigenvalue weighted by molar-refractivity contribution is 0.102. The van der Waals surface area contributed by atoms with Crippen LogP contribution in [-0.4, -0.2) is 31.1 Å². The van der Waals surface area contributed by atoms with E-state index in [0.717, 1.165) is 5.69 Å². The second-order valence-electron chi connectivity index (χ2n) is 3.24. The Hall–Kier alpha value is -2.31. The highest BCUT2D eigenvalue weighted by Gasteiger charge is 2.10. The summed E-state index contributed by atoms with van der Waals surface area (Å²) in [6, 6.07) is 0. The summed E-state index contributed by atoms with van der Waals surface area (Å²) in [5, 5.41) is 8.91. The van der Waals surface area contributed by atoms with Crippen LogP contribution in [0.3, 0.4) is 0 Å². The Morgan fingerprint density at radius 2 is 2.12 bits per heavy atom. The fraction of sp³-hybridized carbons (Fsp3) is 0.222. The number of anilines is 1. The molecule has 0 aliphatic carbocycles. The third-order valence-electron chi connectivity index (χ3n) is 1.84. The van der Waals surface area contributed by atoms with Crippen molar-refractivity contribution in [2.24, 2.45) is 0 Å². The number of aromatic amines is 1. The first-order valence-electron chi connectivity index (χ1n) is 4.64. The zero-order valence-corrected chi connectivity index (χ0v) is 8.85. The Balaban J connectivity index is 2.11. The molecular weight excluding hydrogens is 208 g/mol. The molecule has 0 aliphatic heterocycles. The number of hydrogen-bond acceptors (Lipinski definition) is 5. The van der Waals surface area contributed by atoms with Crippen molar-refractivity contribution in [3.63, 3.8) is 0 Å². The summed E-state index contributed by atoms with van der Waals surface area (Å²) in [6.07, 6.45) is 2.93. The summed E-state index contributed by atoms with van der Waals surface area (Å²) in [6.45, 7) is 3.54. The molecule has 0 saturated carbocycles. The van der Waals surface area contributed by atoms with Gasteiger partial charge < -0.3 is 0 Å². The van der Waals surface area contributed by atoms with E-state index in [9.17, 15) is 4.79 Å². The molecule has 2 rings (SSSR count). The quantitative estimate of drug-likeness (QED) is 0.763. The number of carbonyl (C=O) groups excluding carboxylic acids is 1. The Morgan fingerprint density at radius 3 is 2.69 bits per heavy atom. The molecule has 2 aromatic rings. The van der Waals surface area contributed by atoms with Crippen LogP contribution in [0.25, 0.3) is 0 Å². The number of H-pyrrole nitrogens is 1. The highest BCUT2D eigenvalue weighted by atomic mass is 16.2. The molecule has 82 valence electrons. The van der Waals surface area contributed by atoms with Crippen LogP contribution in [0.2, 0.25) is 0 Å². The molecule has 0 aliphatic rings. The maximum atomic E-state index is 11.6.